The van der Waals surface area contributed by atoms with Gasteiger partial charge >= 0.3 is 0 Å². The molecule has 0 aromatic heterocycles. The topological polar surface area (TPSA) is 40.5 Å². The second kappa shape index (κ2) is 6.01. The van der Waals surface area contributed by atoms with Gasteiger partial charge in [-0.15, -0.1) is 0 Å². The SMILES string of the molecule is C[C@]12CC[C@@H]3c4ccc(O)cc4CC[C@H]3[C@@H]1CC[C@@]2(O)C#CC1C=CC=C1. The van der Waals surface area contributed by atoms with E-state index in [-0.39, 0.29) is 11.3 Å². The average Bonchev–Trinajstić information content (AvgIpc) is 3.26. The normalized spacial score (nSPS) is 39.4. The van der Waals surface area contributed by atoms with Gasteiger partial charge in [0.2, 0.25) is 0 Å². The first-order valence-corrected chi connectivity index (χ1v) is 10.4. The molecule has 5 rings (SSSR count). The first kappa shape index (κ1) is 17.1. The van der Waals surface area contributed by atoms with Crippen LogP contribution in [-0.4, -0.2) is 15.8 Å². The standard InChI is InChI=1S/C25H28O2/c1-24-13-11-21-20-9-7-19(26)16-18(20)6-8-22(21)23(24)12-15-25(24,27)14-10-17-4-2-3-5-17/h2-5,7,9,16-17,21-23,26-27H,6,8,11-13,15H2,1H3/t21-,22-,23+,24+,25+/m1/s1. The fourth-order valence-corrected chi connectivity index (χ4v) is 6.52. The Kier molecular flexibility index (Phi) is 3.82. The molecule has 0 aliphatic heterocycles. The number of hydrogen-bond acceptors (Lipinski definition) is 2. The number of hydrogen-bond donors (Lipinski definition) is 2. The Bertz CT molecular complexity index is 873. The monoisotopic (exact) mass is 360 g/mol. The highest BCUT2D eigenvalue weighted by atomic mass is 16.3. The first-order valence-electron chi connectivity index (χ1n) is 10.4. The number of aryl methyl sites for hydroxylation is 1. The molecule has 27 heavy (non-hydrogen) atoms. The lowest BCUT2D eigenvalue weighted by atomic mass is 9.53. The summed E-state index contributed by atoms with van der Waals surface area (Å²) in [5.41, 5.74) is 1.80. The predicted molar refractivity (Wildman–Crippen MR) is 107 cm³/mol. The van der Waals surface area contributed by atoms with Crippen LogP contribution in [0.4, 0.5) is 0 Å². The molecule has 2 saturated carbocycles. The van der Waals surface area contributed by atoms with Gasteiger partial charge in [-0.05, 0) is 79.5 Å². The number of allylic oxidation sites excluding steroid dienone is 4. The summed E-state index contributed by atoms with van der Waals surface area (Å²) >= 11 is 0. The van der Waals surface area contributed by atoms with Gasteiger partial charge in [-0.25, -0.2) is 0 Å². The van der Waals surface area contributed by atoms with Crippen LogP contribution in [0.2, 0.25) is 0 Å². The largest absolute Gasteiger partial charge is 0.508 e. The van der Waals surface area contributed by atoms with E-state index in [2.05, 4.69) is 37.0 Å². The third-order valence-electron chi connectivity index (χ3n) is 8.06. The van der Waals surface area contributed by atoms with Crippen molar-refractivity contribution < 1.29 is 10.2 Å². The summed E-state index contributed by atoms with van der Waals surface area (Å²) in [6.07, 6.45) is 14.5. The second-order valence-electron chi connectivity index (χ2n) is 9.22. The highest BCUT2D eigenvalue weighted by Gasteiger charge is 2.61. The van der Waals surface area contributed by atoms with E-state index in [1.165, 1.54) is 17.5 Å². The van der Waals surface area contributed by atoms with E-state index < -0.39 is 5.60 Å². The molecule has 0 spiro atoms. The number of benzene rings is 1. The number of phenols is 1. The molecule has 4 aliphatic carbocycles. The minimum absolute atomic E-state index is 0.110. The van der Waals surface area contributed by atoms with Crippen LogP contribution < -0.4 is 0 Å². The number of phenolic OH excluding ortho intramolecular Hbond substituents is 1. The van der Waals surface area contributed by atoms with Crippen molar-refractivity contribution in [1.82, 2.24) is 0 Å². The quantitative estimate of drug-likeness (QED) is 0.657. The molecule has 1 aromatic carbocycles. The van der Waals surface area contributed by atoms with Crippen LogP contribution in [-0.2, 0) is 6.42 Å². The Labute approximate surface area is 162 Å². The minimum atomic E-state index is -0.859. The Morgan fingerprint density at radius 1 is 1.07 bits per heavy atom. The third-order valence-corrected chi connectivity index (χ3v) is 8.06. The summed E-state index contributed by atoms with van der Waals surface area (Å²) in [5, 5.41) is 21.4. The van der Waals surface area contributed by atoms with E-state index in [4.69, 9.17) is 0 Å². The summed E-state index contributed by atoms with van der Waals surface area (Å²) in [7, 11) is 0. The Morgan fingerprint density at radius 2 is 1.89 bits per heavy atom. The smallest absolute Gasteiger partial charge is 0.131 e. The van der Waals surface area contributed by atoms with Crippen molar-refractivity contribution in [2.45, 2.75) is 57.0 Å². The molecule has 4 aliphatic rings. The molecular formula is C25H28O2. The third kappa shape index (κ3) is 2.52. The summed E-state index contributed by atoms with van der Waals surface area (Å²) in [5.74, 6) is 8.92. The van der Waals surface area contributed by atoms with Crippen molar-refractivity contribution in [3.05, 3.63) is 53.6 Å². The van der Waals surface area contributed by atoms with Crippen LogP contribution >= 0.6 is 0 Å². The van der Waals surface area contributed by atoms with Gasteiger partial charge in [0.1, 0.15) is 11.4 Å². The molecule has 0 unspecified atom stereocenters. The van der Waals surface area contributed by atoms with Gasteiger partial charge in [-0.2, -0.15) is 0 Å². The second-order valence-corrected chi connectivity index (χ2v) is 9.22. The Balaban J connectivity index is 1.45. The Morgan fingerprint density at radius 3 is 2.70 bits per heavy atom. The zero-order chi connectivity index (χ0) is 18.6. The molecule has 2 N–H and O–H groups in total. The molecule has 2 heteroatoms. The number of aromatic hydroxyl groups is 1. The molecule has 1 aromatic rings. The van der Waals surface area contributed by atoms with Crippen molar-refractivity contribution in [1.29, 1.82) is 0 Å². The minimum Gasteiger partial charge on any atom is -0.508 e. The van der Waals surface area contributed by atoms with E-state index in [0.717, 1.165) is 32.1 Å². The van der Waals surface area contributed by atoms with E-state index in [1.54, 1.807) is 0 Å². The van der Waals surface area contributed by atoms with Crippen LogP contribution in [0, 0.1) is 35.0 Å². The van der Waals surface area contributed by atoms with E-state index in [0.29, 0.717) is 23.5 Å². The van der Waals surface area contributed by atoms with Crippen LogP contribution in [0.5, 0.6) is 5.75 Å². The zero-order valence-corrected chi connectivity index (χ0v) is 16.0. The molecule has 140 valence electrons. The van der Waals surface area contributed by atoms with Crippen LogP contribution in [0.3, 0.4) is 0 Å². The molecular weight excluding hydrogens is 332 g/mol. The summed E-state index contributed by atoms with van der Waals surface area (Å²) in [6.45, 7) is 2.29. The maximum Gasteiger partial charge on any atom is 0.131 e. The molecule has 0 bridgehead atoms. The summed E-state index contributed by atoms with van der Waals surface area (Å²) < 4.78 is 0. The van der Waals surface area contributed by atoms with Gasteiger partial charge in [0.25, 0.3) is 0 Å². The Hall–Kier alpha value is -1.98. The van der Waals surface area contributed by atoms with Gasteiger partial charge in [0.15, 0.2) is 0 Å². The van der Waals surface area contributed by atoms with E-state index in [9.17, 15) is 10.2 Å². The average molecular weight is 360 g/mol. The van der Waals surface area contributed by atoms with Crippen molar-refractivity contribution in [3.63, 3.8) is 0 Å². The summed E-state index contributed by atoms with van der Waals surface area (Å²) in [4.78, 5) is 0. The molecule has 0 amide bonds. The number of rotatable bonds is 0. The fourth-order valence-electron chi connectivity index (χ4n) is 6.52. The lowest BCUT2D eigenvalue weighted by Crippen LogP contribution is -2.50. The summed E-state index contributed by atoms with van der Waals surface area (Å²) in [6, 6.07) is 5.94. The number of fused-ring (bicyclic) bond motifs is 5. The molecule has 0 radical (unpaired) electrons. The highest BCUT2D eigenvalue weighted by Crippen LogP contribution is 2.64. The van der Waals surface area contributed by atoms with E-state index in [1.807, 2.05) is 24.3 Å². The van der Waals surface area contributed by atoms with Crippen LogP contribution in [0.1, 0.15) is 56.1 Å². The van der Waals surface area contributed by atoms with Gasteiger partial charge in [-0.1, -0.05) is 49.1 Å². The van der Waals surface area contributed by atoms with Crippen LogP contribution in [0.25, 0.3) is 0 Å². The van der Waals surface area contributed by atoms with Crippen molar-refractivity contribution >= 4 is 0 Å². The van der Waals surface area contributed by atoms with E-state index >= 15 is 0 Å². The molecule has 5 atom stereocenters. The fraction of sp³-hybridized carbons (Fsp3) is 0.520. The van der Waals surface area contributed by atoms with Crippen molar-refractivity contribution in [3.8, 4) is 17.6 Å². The highest BCUT2D eigenvalue weighted by molar-refractivity contribution is 5.41. The number of aliphatic hydroxyl groups is 1. The van der Waals surface area contributed by atoms with Gasteiger partial charge in [-0.3, -0.25) is 0 Å². The van der Waals surface area contributed by atoms with Crippen molar-refractivity contribution in [2.24, 2.45) is 23.2 Å². The lowest BCUT2D eigenvalue weighted by molar-refractivity contribution is -0.0648. The zero-order valence-electron chi connectivity index (χ0n) is 16.0. The van der Waals surface area contributed by atoms with Gasteiger partial charge in [0.05, 0.1) is 5.92 Å². The van der Waals surface area contributed by atoms with Gasteiger partial charge in [0, 0.05) is 5.41 Å². The molecule has 2 fully saturated rings. The molecule has 0 saturated heterocycles. The van der Waals surface area contributed by atoms with Crippen molar-refractivity contribution in [2.75, 3.05) is 0 Å². The first-order chi connectivity index (χ1) is 13.0. The van der Waals surface area contributed by atoms with Crippen LogP contribution in [0.15, 0.2) is 42.5 Å². The maximum atomic E-state index is 11.6. The lowest BCUT2D eigenvalue weighted by Gasteiger charge is -2.52. The van der Waals surface area contributed by atoms with Gasteiger partial charge < -0.3 is 10.2 Å². The predicted octanol–water partition coefficient (Wildman–Crippen LogP) is 4.73. The maximum absolute atomic E-state index is 11.6. The molecule has 2 nitrogen and oxygen atoms in total. The molecule has 0 heterocycles.